The second-order valence-electron chi connectivity index (χ2n) is 28.1. The van der Waals surface area contributed by atoms with Crippen LogP contribution < -0.4 is 5.32 Å². The Morgan fingerprint density at radius 1 is 0.394 bits per heavy atom. The summed E-state index contributed by atoms with van der Waals surface area (Å²) in [5, 5.41) is 54.5. The molecule has 1 rings (SSSR count). The van der Waals surface area contributed by atoms with Crippen molar-refractivity contribution < 1.29 is 49.3 Å². The van der Waals surface area contributed by atoms with Crippen molar-refractivity contribution in [2.45, 2.75) is 436 Å². The van der Waals surface area contributed by atoms with Crippen molar-refractivity contribution in [3.63, 3.8) is 0 Å². The summed E-state index contributed by atoms with van der Waals surface area (Å²) in [6.07, 6.45) is 86.9. The van der Waals surface area contributed by atoms with Gasteiger partial charge in [0.25, 0.3) is 0 Å². The van der Waals surface area contributed by atoms with Gasteiger partial charge in [-0.2, -0.15) is 0 Å². The maximum Gasteiger partial charge on any atom is 0.305 e. The van der Waals surface area contributed by atoms with Gasteiger partial charge in [-0.15, -0.1) is 0 Å². The van der Waals surface area contributed by atoms with Crippen molar-refractivity contribution in [3.8, 4) is 0 Å². The van der Waals surface area contributed by atoms with Gasteiger partial charge in [-0.3, -0.25) is 9.59 Å². The second kappa shape index (κ2) is 71.6. The maximum atomic E-state index is 13.1. The van der Waals surface area contributed by atoms with Crippen molar-refractivity contribution >= 4 is 11.9 Å². The van der Waals surface area contributed by atoms with Gasteiger partial charge in [0.2, 0.25) is 5.91 Å². The van der Waals surface area contributed by atoms with E-state index in [0.29, 0.717) is 19.4 Å². The Morgan fingerprint density at radius 2 is 0.713 bits per heavy atom. The summed E-state index contributed by atoms with van der Waals surface area (Å²) in [6.45, 7) is 4.35. The van der Waals surface area contributed by atoms with Crippen LogP contribution >= 0.6 is 0 Å². The molecular weight excluding hydrogens is 1170 g/mol. The van der Waals surface area contributed by atoms with Gasteiger partial charge in [-0.1, -0.05) is 344 Å². The molecule has 0 aromatic heterocycles. The largest absolute Gasteiger partial charge is 0.466 e. The first-order valence-corrected chi connectivity index (χ1v) is 40.6. The first-order chi connectivity index (χ1) is 46.2. The van der Waals surface area contributed by atoms with Crippen LogP contribution in [0.4, 0.5) is 0 Å². The number of nitrogens with one attached hydrogen (secondary N) is 1. The van der Waals surface area contributed by atoms with Gasteiger partial charge in [0, 0.05) is 12.8 Å². The van der Waals surface area contributed by atoms with Crippen molar-refractivity contribution in [1.29, 1.82) is 0 Å². The molecule has 1 aliphatic rings. The minimum Gasteiger partial charge on any atom is -0.466 e. The van der Waals surface area contributed by atoms with E-state index in [-0.39, 0.29) is 18.5 Å². The Bertz CT molecular complexity index is 1750. The molecule has 0 aromatic carbocycles. The molecule has 0 aromatic rings. The number of rotatable bonds is 72. The number of carbonyl (C=O) groups excluding carboxylic acids is 2. The van der Waals surface area contributed by atoms with E-state index < -0.39 is 49.5 Å². The van der Waals surface area contributed by atoms with Gasteiger partial charge in [0.15, 0.2) is 6.29 Å². The molecule has 1 heterocycles. The predicted octanol–water partition coefficient (Wildman–Crippen LogP) is 22.0. The van der Waals surface area contributed by atoms with Crippen molar-refractivity contribution in [2.75, 3.05) is 19.8 Å². The van der Waals surface area contributed by atoms with E-state index in [1.165, 1.54) is 295 Å². The summed E-state index contributed by atoms with van der Waals surface area (Å²) in [4.78, 5) is 25.2. The molecule has 0 radical (unpaired) electrons. The smallest absolute Gasteiger partial charge is 0.305 e. The number of carbonyl (C=O) groups is 2. The second-order valence-corrected chi connectivity index (χ2v) is 28.1. The Hall–Kier alpha value is -2.64. The van der Waals surface area contributed by atoms with Crippen LogP contribution in [0.25, 0.3) is 0 Å². The molecule has 7 atom stereocenters. The summed E-state index contributed by atoms with van der Waals surface area (Å²) < 4.78 is 16.8. The summed E-state index contributed by atoms with van der Waals surface area (Å²) in [6, 6.07) is -0.808. The molecular formula is C83H153NO10. The zero-order valence-corrected chi connectivity index (χ0v) is 61.4. The highest BCUT2D eigenvalue weighted by Crippen LogP contribution is 2.24. The summed E-state index contributed by atoms with van der Waals surface area (Å²) in [5.41, 5.74) is 0. The lowest BCUT2D eigenvalue weighted by Gasteiger charge is -2.40. The number of aliphatic hydroxyl groups excluding tert-OH is 5. The number of hydrogen-bond donors (Lipinski definition) is 6. The summed E-state index contributed by atoms with van der Waals surface area (Å²) in [7, 11) is 0. The lowest BCUT2D eigenvalue weighted by atomic mass is 9.99. The topological polar surface area (TPSA) is 175 Å². The molecule has 1 aliphatic heterocycles. The predicted molar refractivity (Wildman–Crippen MR) is 398 cm³/mol. The fourth-order valence-electron chi connectivity index (χ4n) is 12.7. The Morgan fingerprint density at radius 3 is 1.09 bits per heavy atom. The standard InChI is InChI=1S/C83H153NO10/c1-3-5-7-9-11-13-15-16-17-44-47-51-55-59-63-67-71-79(88)92-72-68-64-60-56-52-48-45-42-40-38-36-34-32-30-28-26-24-22-20-18-19-21-23-25-27-29-31-33-35-37-39-41-43-46-50-54-58-62-66-70-78(87)84-75(74-93-83-82(91)81(90)80(89)77(73-85)94-83)76(86)69-65-61-57-53-49-14-12-10-8-6-4-2/h13,15,17-19,22,24,44,65,69,75-77,80-83,85-86,89-91H,3-12,14,16,20-21,23,25-43,45-64,66-68,70-74H2,1-2H3,(H,84,87)/b15-13-,19-18-,24-22-,44-17-,69-65+. The lowest BCUT2D eigenvalue weighted by Crippen LogP contribution is -2.60. The van der Waals surface area contributed by atoms with Gasteiger partial charge in [-0.25, -0.2) is 0 Å². The molecule has 550 valence electrons. The zero-order valence-electron chi connectivity index (χ0n) is 61.4. The van der Waals surface area contributed by atoms with E-state index in [4.69, 9.17) is 14.2 Å². The van der Waals surface area contributed by atoms with Crippen molar-refractivity contribution in [2.24, 2.45) is 0 Å². The highest BCUT2D eigenvalue weighted by Gasteiger charge is 2.44. The van der Waals surface area contributed by atoms with Crippen molar-refractivity contribution in [1.82, 2.24) is 5.32 Å². The Balaban J connectivity index is 1.88. The number of unbranched alkanes of at least 4 members (excludes halogenated alkanes) is 50. The van der Waals surface area contributed by atoms with E-state index in [1.54, 1.807) is 6.08 Å². The first kappa shape index (κ1) is 89.4. The fourth-order valence-corrected chi connectivity index (χ4v) is 12.7. The maximum absolute atomic E-state index is 13.1. The number of esters is 1. The lowest BCUT2D eigenvalue weighted by molar-refractivity contribution is -0.302. The number of aliphatic hydroxyl groups is 5. The average Bonchev–Trinajstić information content (AvgIpc) is 0.905. The van der Waals surface area contributed by atoms with Crippen LogP contribution in [0.2, 0.25) is 0 Å². The summed E-state index contributed by atoms with van der Waals surface area (Å²) >= 11 is 0. The number of amides is 1. The highest BCUT2D eigenvalue weighted by molar-refractivity contribution is 5.76. The Labute approximate surface area is 579 Å². The van der Waals surface area contributed by atoms with Gasteiger partial charge in [0.1, 0.15) is 24.4 Å². The van der Waals surface area contributed by atoms with E-state index in [2.05, 4.69) is 67.8 Å². The van der Waals surface area contributed by atoms with Crippen LogP contribution in [-0.4, -0.2) is 100 Å². The van der Waals surface area contributed by atoms with Crippen molar-refractivity contribution in [3.05, 3.63) is 60.8 Å². The molecule has 1 fully saturated rings. The van der Waals surface area contributed by atoms with Crippen LogP contribution in [0, 0.1) is 0 Å². The van der Waals surface area contributed by atoms with Gasteiger partial charge in [0.05, 0.1) is 32.0 Å². The van der Waals surface area contributed by atoms with Crippen LogP contribution in [0.5, 0.6) is 0 Å². The van der Waals surface area contributed by atoms with Crippen LogP contribution in [0.15, 0.2) is 60.8 Å². The van der Waals surface area contributed by atoms with E-state index >= 15 is 0 Å². The third-order valence-corrected chi connectivity index (χ3v) is 19.1. The van der Waals surface area contributed by atoms with E-state index in [1.807, 2.05) is 6.08 Å². The van der Waals surface area contributed by atoms with Gasteiger partial charge >= 0.3 is 5.97 Å². The number of allylic oxidation sites excluding steroid dienone is 9. The highest BCUT2D eigenvalue weighted by atomic mass is 16.7. The summed E-state index contributed by atoms with van der Waals surface area (Å²) in [5.74, 6) is -0.177. The average molecular weight is 1330 g/mol. The molecule has 0 aliphatic carbocycles. The normalized spacial score (nSPS) is 17.7. The zero-order chi connectivity index (χ0) is 67.9. The molecule has 11 nitrogen and oxygen atoms in total. The molecule has 94 heavy (non-hydrogen) atoms. The quantitative estimate of drug-likeness (QED) is 0.0195. The van der Waals surface area contributed by atoms with Gasteiger partial charge < -0.3 is 45.1 Å². The molecule has 1 amide bonds. The minimum atomic E-state index is -1.57. The van der Waals surface area contributed by atoms with Crippen LogP contribution in [0.1, 0.15) is 393 Å². The molecule has 0 bridgehead atoms. The molecule has 0 saturated carbocycles. The van der Waals surface area contributed by atoms with E-state index in [0.717, 1.165) is 70.6 Å². The fraction of sp³-hybridized carbons (Fsp3) is 0.855. The molecule has 0 spiro atoms. The third-order valence-electron chi connectivity index (χ3n) is 19.1. The molecule has 7 unspecified atom stereocenters. The number of ether oxygens (including phenoxy) is 3. The monoisotopic (exact) mass is 1320 g/mol. The molecule has 6 N–H and O–H groups in total. The number of hydrogen-bond acceptors (Lipinski definition) is 10. The van der Waals surface area contributed by atoms with Crippen LogP contribution in [-0.2, 0) is 23.8 Å². The van der Waals surface area contributed by atoms with Crippen LogP contribution in [0.3, 0.4) is 0 Å². The Kier molecular flexibility index (Phi) is 68.1. The minimum absolute atomic E-state index is 0.00123. The first-order valence-electron chi connectivity index (χ1n) is 40.6. The third kappa shape index (κ3) is 59.4. The molecule has 1 saturated heterocycles. The van der Waals surface area contributed by atoms with E-state index in [9.17, 15) is 35.1 Å². The SMILES string of the molecule is CCCCCC/C=C\C/C=C\CCCCCCCC(=O)OCCCCCCCCCCCCCCCCC/C=C\C/C=C\CCCCCCCCCCCCCCCCCCCC(=O)NC(COC1OC(CO)C(O)C(O)C1O)C(O)/C=C/CCCCCCCCCCC. The van der Waals surface area contributed by atoms with Gasteiger partial charge in [-0.05, 0) is 96.3 Å². The molecule has 11 heteroatoms.